The molecule has 1 amide bonds. The van der Waals surface area contributed by atoms with Gasteiger partial charge in [-0.25, -0.2) is 4.79 Å². The molecule has 1 aliphatic rings. The first-order valence-electron chi connectivity index (χ1n) is 4.29. The molecule has 4 nitrogen and oxygen atoms in total. The lowest BCUT2D eigenvalue weighted by Crippen LogP contribution is -2.30. The zero-order valence-electron chi connectivity index (χ0n) is 7.62. The summed E-state index contributed by atoms with van der Waals surface area (Å²) in [6, 6.07) is 0. The quantitative estimate of drug-likeness (QED) is 0.671. The highest BCUT2D eigenvalue weighted by Crippen LogP contribution is 2.11. The van der Waals surface area contributed by atoms with Gasteiger partial charge < -0.3 is 15.4 Å². The highest BCUT2D eigenvalue weighted by molar-refractivity contribution is 5.69. The molecular formula is C8H16N2O2. The van der Waals surface area contributed by atoms with E-state index in [4.69, 9.17) is 10.5 Å². The van der Waals surface area contributed by atoms with Gasteiger partial charge in [0.15, 0.2) is 0 Å². The van der Waals surface area contributed by atoms with Gasteiger partial charge in [-0.15, -0.1) is 0 Å². The van der Waals surface area contributed by atoms with E-state index in [2.05, 4.69) is 13.8 Å². The first kappa shape index (κ1) is 9.32. The number of cyclic esters (lactones) is 1. The van der Waals surface area contributed by atoms with Crippen molar-refractivity contribution in [2.75, 3.05) is 19.6 Å². The summed E-state index contributed by atoms with van der Waals surface area (Å²) in [6.07, 6.45) is -0.324. The summed E-state index contributed by atoms with van der Waals surface area (Å²) in [4.78, 5) is 12.8. The van der Waals surface area contributed by atoms with Gasteiger partial charge in [0.2, 0.25) is 0 Å². The average Bonchev–Trinajstić information content (AvgIpc) is 2.31. The molecule has 1 rings (SSSR count). The van der Waals surface area contributed by atoms with Crippen molar-refractivity contribution in [1.29, 1.82) is 0 Å². The van der Waals surface area contributed by atoms with Crippen LogP contribution in [-0.2, 0) is 4.74 Å². The highest BCUT2D eigenvalue weighted by Gasteiger charge is 2.30. The molecule has 4 heteroatoms. The van der Waals surface area contributed by atoms with Crippen LogP contribution in [0.2, 0.25) is 0 Å². The van der Waals surface area contributed by atoms with E-state index < -0.39 is 0 Å². The largest absolute Gasteiger partial charge is 0.443 e. The number of rotatable bonds is 3. The van der Waals surface area contributed by atoms with E-state index in [1.807, 2.05) is 0 Å². The third-order valence-electron chi connectivity index (χ3n) is 1.80. The second-order valence-corrected chi connectivity index (χ2v) is 3.54. The summed E-state index contributed by atoms with van der Waals surface area (Å²) < 4.78 is 4.99. The number of carbonyl (C=O) groups excluding carboxylic acids is 1. The lowest BCUT2D eigenvalue weighted by atomic mass is 10.2. The number of carbonyl (C=O) groups is 1. The van der Waals surface area contributed by atoms with Gasteiger partial charge in [0, 0.05) is 13.1 Å². The highest BCUT2D eigenvalue weighted by atomic mass is 16.6. The Balaban J connectivity index is 2.41. The van der Waals surface area contributed by atoms with Crippen LogP contribution < -0.4 is 5.73 Å². The van der Waals surface area contributed by atoms with Crippen LogP contribution in [0.25, 0.3) is 0 Å². The molecule has 0 aromatic heterocycles. The molecule has 1 heterocycles. The molecule has 0 aromatic rings. The summed E-state index contributed by atoms with van der Waals surface area (Å²) in [5.41, 5.74) is 5.39. The minimum Gasteiger partial charge on any atom is -0.443 e. The van der Waals surface area contributed by atoms with Crippen LogP contribution in [0, 0.1) is 5.92 Å². The number of amides is 1. The molecule has 1 saturated heterocycles. The van der Waals surface area contributed by atoms with E-state index >= 15 is 0 Å². The molecular weight excluding hydrogens is 156 g/mol. The predicted molar refractivity (Wildman–Crippen MR) is 45.7 cm³/mol. The van der Waals surface area contributed by atoms with Crippen molar-refractivity contribution in [2.24, 2.45) is 11.7 Å². The summed E-state index contributed by atoms with van der Waals surface area (Å²) >= 11 is 0. The summed E-state index contributed by atoms with van der Waals surface area (Å²) in [7, 11) is 0. The molecule has 0 aliphatic carbocycles. The molecule has 1 aliphatic heterocycles. The predicted octanol–water partition coefficient (Wildman–Crippen LogP) is 0.422. The lowest BCUT2D eigenvalue weighted by molar-refractivity contribution is 0.133. The Kier molecular flexibility index (Phi) is 2.92. The van der Waals surface area contributed by atoms with Crippen LogP contribution >= 0.6 is 0 Å². The maximum atomic E-state index is 11.1. The van der Waals surface area contributed by atoms with Gasteiger partial charge in [0.1, 0.15) is 6.10 Å². The van der Waals surface area contributed by atoms with E-state index in [0.717, 1.165) is 6.54 Å². The fraction of sp³-hybridized carbons (Fsp3) is 0.875. The molecule has 0 spiro atoms. The maximum Gasteiger partial charge on any atom is 0.410 e. The van der Waals surface area contributed by atoms with Crippen LogP contribution in [0.15, 0.2) is 0 Å². The first-order chi connectivity index (χ1) is 5.63. The zero-order chi connectivity index (χ0) is 9.14. The van der Waals surface area contributed by atoms with Crippen molar-refractivity contribution in [3.05, 3.63) is 0 Å². The number of ether oxygens (including phenoxy) is 1. The van der Waals surface area contributed by atoms with Gasteiger partial charge >= 0.3 is 6.09 Å². The number of hydrogen-bond acceptors (Lipinski definition) is 3. The van der Waals surface area contributed by atoms with Gasteiger partial charge in [-0.3, -0.25) is 0 Å². The van der Waals surface area contributed by atoms with Gasteiger partial charge in [-0.2, -0.15) is 0 Å². The van der Waals surface area contributed by atoms with Crippen LogP contribution in [0.3, 0.4) is 0 Å². The molecule has 1 atom stereocenters. The molecule has 1 fully saturated rings. The summed E-state index contributed by atoms with van der Waals surface area (Å²) in [6.45, 7) is 5.97. The van der Waals surface area contributed by atoms with E-state index in [1.54, 1.807) is 4.90 Å². The van der Waals surface area contributed by atoms with E-state index in [0.29, 0.717) is 19.0 Å². The van der Waals surface area contributed by atoms with E-state index in [9.17, 15) is 4.79 Å². The van der Waals surface area contributed by atoms with Gasteiger partial charge in [-0.05, 0) is 5.92 Å². The Hall–Kier alpha value is -0.770. The molecule has 0 bridgehead atoms. The van der Waals surface area contributed by atoms with Gasteiger partial charge in [0.05, 0.1) is 6.54 Å². The third-order valence-corrected chi connectivity index (χ3v) is 1.80. The summed E-state index contributed by atoms with van der Waals surface area (Å²) in [5.74, 6) is 0.481. The SMILES string of the molecule is CC(C)CN1C[C@@H](CN)OC1=O. The third kappa shape index (κ3) is 2.11. The molecule has 0 aromatic carbocycles. The molecule has 12 heavy (non-hydrogen) atoms. The van der Waals surface area contributed by atoms with Crippen molar-refractivity contribution >= 4 is 6.09 Å². The fourth-order valence-electron chi connectivity index (χ4n) is 1.29. The van der Waals surface area contributed by atoms with Crippen LogP contribution in [0.1, 0.15) is 13.8 Å². The van der Waals surface area contributed by atoms with Crippen LogP contribution in [0.4, 0.5) is 4.79 Å². The van der Waals surface area contributed by atoms with Gasteiger partial charge in [0.25, 0.3) is 0 Å². The minimum atomic E-state index is -0.223. The molecule has 2 N–H and O–H groups in total. The second kappa shape index (κ2) is 3.76. The van der Waals surface area contributed by atoms with Crippen LogP contribution in [-0.4, -0.2) is 36.7 Å². The molecule has 0 unspecified atom stereocenters. The Morgan fingerprint density at radius 2 is 2.42 bits per heavy atom. The minimum absolute atomic E-state index is 0.101. The van der Waals surface area contributed by atoms with Crippen molar-refractivity contribution in [3.63, 3.8) is 0 Å². The fourth-order valence-corrected chi connectivity index (χ4v) is 1.29. The maximum absolute atomic E-state index is 11.1. The van der Waals surface area contributed by atoms with E-state index in [1.165, 1.54) is 0 Å². The molecule has 0 radical (unpaired) electrons. The zero-order valence-corrected chi connectivity index (χ0v) is 7.62. The molecule has 0 saturated carbocycles. The van der Waals surface area contributed by atoms with Crippen molar-refractivity contribution in [1.82, 2.24) is 4.90 Å². The van der Waals surface area contributed by atoms with Gasteiger partial charge in [-0.1, -0.05) is 13.8 Å². The summed E-state index contributed by atoms with van der Waals surface area (Å²) in [5, 5.41) is 0. The van der Waals surface area contributed by atoms with Crippen molar-refractivity contribution in [2.45, 2.75) is 20.0 Å². The lowest BCUT2D eigenvalue weighted by Gasteiger charge is -2.14. The topological polar surface area (TPSA) is 55.6 Å². The Labute approximate surface area is 72.7 Å². The monoisotopic (exact) mass is 172 g/mol. The van der Waals surface area contributed by atoms with Crippen molar-refractivity contribution in [3.8, 4) is 0 Å². The normalized spacial score (nSPS) is 23.5. The number of nitrogens with two attached hydrogens (primary N) is 1. The van der Waals surface area contributed by atoms with E-state index in [-0.39, 0.29) is 12.2 Å². The molecule has 70 valence electrons. The smallest absolute Gasteiger partial charge is 0.410 e. The Morgan fingerprint density at radius 3 is 2.83 bits per heavy atom. The number of hydrogen-bond donors (Lipinski definition) is 1. The Bertz CT molecular complexity index is 170. The average molecular weight is 172 g/mol. The number of nitrogens with zero attached hydrogens (tertiary/aromatic N) is 1. The van der Waals surface area contributed by atoms with Crippen LogP contribution in [0.5, 0.6) is 0 Å². The van der Waals surface area contributed by atoms with Crippen molar-refractivity contribution < 1.29 is 9.53 Å². The Morgan fingerprint density at radius 1 is 1.75 bits per heavy atom. The standard InChI is InChI=1S/C8H16N2O2/c1-6(2)4-10-5-7(3-9)12-8(10)11/h6-7H,3-5,9H2,1-2H3/t7-/m1/s1. The first-order valence-corrected chi connectivity index (χ1v) is 4.29. The second-order valence-electron chi connectivity index (χ2n) is 3.54.